The summed E-state index contributed by atoms with van der Waals surface area (Å²) in [5.41, 5.74) is 2.40. The van der Waals surface area contributed by atoms with Crippen LogP contribution in [0.1, 0.15) is 6.42 Å². The van der Waals surface area contributed by atoms with Crippen molar-refractivity contribution in [2.45, 2.75) is 12.5 Å². The van der Waals surface area contributed by atoms with E-state index in [0.717, 1.165) is 12.0 Å². The summed E-state index contributed by atoms with van der Waals surface area (Å²) >= 11 is 0. The van der Waals surface area contributed by atoms with Crippen LogP contribution in [-0.2, 0) is 0 Å². The summed E-state index contributed by atoms with van der Waals surface area (Å²) in [5.74, 6) is 0.195. The zero-order valence-corrected chi connectivity index (χ0v) is 6.90. The first-order valence-corrected chi connectivity index (χ1v) is 4.18. The molecule has 2 unspecified atom stereocenters. The van der Waals surface area contributed by atoms with Crippen molar-refractivity contribution in [3.05, 3.63) is 48.1 Å². The van der Waals surface area contributed by atoms with Gasteiger partial charge in [-0.05, 0) is 6.42 Å². The van der Waals surface area contributed by atoms with Crippen LogP contribution in [0.3, 0.4) is 0 Å². The number of rotatable bonds is 0. The Morgan fingerprint density at radius 1 is 1.42 bits per heavy atom. The molecule has 2 aliphatic carbocycles. The number of allylic oxidation sites excluding steroid dienone is 4. The molecule has 2 aliphatic rings. The first kappa shape index (κ1) is 7.56. The van der Waals surface area contributed by atoms with Crippen LogP contribution in [0.2, 0.25) is 0 Å². The predicted octanol–water partition coefficient (Wildman–Crippen LogP) is 1.98. The SMILES string of the molecule is C=C1C=CC2C(=CC=CC2O)C1. The highest BCUT2D eigenvalue weighted by Gasteiger charge is 2.23. The summed E-state index contributed by atoms with van der Waals surface area (Å²) in [7, 11) is 0. The fourth-order valence-electron chi connectivity index (χ4n) is 1.72. The maximum Gasteiger partial charge on any atom is 0.0824 e. The van der Waals surface area contributed by atoms with Crippen molar-refractivity contribution in [3.8, 4) is 0 Å². The first-order chi connectivity index (χ1) is 5.77. The summed E-state index contributed by atoms with van der Waals surface area (Å²) in [6.07, 6.45) is 10.4. The third kappa shape index (κ3) is 1.16. The van der Waals surface area contributed by atoms with Crippen molar-refractivity contribution < 1.29 is 5.11 Å². The molecule has 0 aromatic carbocycles. The maximum atomic E-state index is 9.58. The van der Waals surface area contributed by atoms with Crippen LogP contribution in [0, 0.1) is 5.92 Å². The average Bonchev–Trinajstić information content (AvgIpc) is 2.04. The average molecular weight is 160 g/mol. The molecule has 0 fully saturated rings. The zero-order valence-electron chi connectivity index (χ0n) is 6.90. The fourth-order valence-corrected chi connectivity index (χ4v) is 1.72. The van der Waals surface area contributed by atoms with Gasteiger partial charge in [0.1, 0.15) is 0 Å². The van der Waals surface area contributed by atoms with Crippen LogP contribution in [-0.4, -0.2) is 11.2 Å². The van der Waals surface area contributed by atoms with E-state index in [1.54, 1.807) is 0 Å². The fraction of sp³-hybridized carbons (Fsp3) is 0.273. The molecule has 0 bridgehead atoms. The van der Waals surface area contributed by atoms with E-state index in [9.17, 15) is 5.11 Å². The van der Waals surface area contributed by atoms with Gasteiger partial charge in [-0.3, -0.25) is 0 Å². The van der Waals surface area contributed by atoms with Crippen molar-refractivity contribution >= 4 is 0 Å². The van der Waals surface area contributed by atoms with Gasteiger partial charge in [-0.2, -0.15) is 0 Å². The molecule has 1 N–H and O–H groups in total. The lowest BCUT2D eigenvalue weighted by Gasteiger charge is -2.26. The topological polar surface area (TPSA) is 20.2 Å². The van der Waals surface area contributed by atoms with E-state index in [1.807, 2.05) is 24.3 Å². The summed E-state index contributed by atoms with van der Waals surface area (Å²) in [4.78, 5) is 0. The van der Waals surface area contributed by atoms with Crippen molar-refractivity contribution in [3.63, 3.8) is 0 Å². The molecule has 12 heavy (non-hydrogen) atoms. The van der Waals surface area contributed by atoms with Gasteiger partial charge in [0.25, 0.3) is 0 Å². The van der Waals surface area contributed by atoms with Crippen molar-refractivity contribution in [1.29, 1.82) is 0 Å². The number of fused-ring (bicyclic) bond motifs is 1. The molecule has 2 rings (SSSR count). The lowest BCUT2D eigenvalue weighted by Crippen LogP contribution is -2.22. The van der Waals surface area contributed by atoms with Gasteiger partial charge in [0.2, 0.25) is 0 Å². The van der Waals surface area contributed by atoms with Gasteiger partial charge in [0, 0.05) is 5.92 Å². The molecule has 2 atom stereocenters. The number of aliphatic hydroxyl groups is 1. The van der Waals surface area contributed by atoms with Crippen LogP contribution in [0.25, 0.3) is 0 Å². The second-order valence-corrected chi connectivity index (χ2v) is 3.34. The molecule has 0 aliphatic heterocycles. The lowest BCUT2D eigenvalue weighted by atomic mass is 9.81. The Morgan fingerprint density at radius 3 is 3.08 bits per heavy atom. The van der Waals surface area contributed by atoms with E-state index in [-0.39, 0.29) is 12.0 Å². The monoisotopic (exact) mass is 160 g/mol. The quantitative estimate of drug-likeness (QED) is 0.574. The van der Waals surface area contributed by atoms with Gasteiger partial charge in [-0.25, -0.2) is 0 Å². The Balaban J connectivity index is 2.34. The zero-order chi connectivity index (χ0) is 8.55. The van der Waals surface area contributed by atoms with Gasteiger partial charge < -0.3 is 5.11 Å². The Hall–Kier alpha value is -1.08. The summed E-state index contributed by atoms with van der Waals surface area (Å²) in [6, 6.07) is 0. The highest BCUT2D eigenvalue weighted by molar-refractivity contribution is 5.38. The third-order valence-corrected chi connectivity index (χ3v) is 2.39. The number of hydrogen-bond donors (Lipinski definition) is 1. The maximum absolute atomic E-state index is 9.58. The Kier molecular flexibility index (Phi) is 1.74. The number of hydrogen-bond acceptors (Lipinski definition) is 1. The molecular weight excluding hydrogens is 148 g/mol. The highest BCUT2D eigenvalue weighted by atomic mass is 16.3. The molecular formula is C11H12O. The van der Waals surface area contributed by atoms with Gasteiger partial charge in [-0.1, -0.05) is 48.1 Å². The molecule has 0 amide bonds. The van der Waals surface area contributed by atoms with Crippen LogP contribution in [0.4, 0.5) is 0 Å². The summed E-state index contributed by atoms with van der Waals surface area (Å²) in [6.45, 7) is 3.90. The van der Waals surface area contributed by atoms with Gasteiger partial charge in [0.05, 0.1) is 6.10 Å². The minimum atomic E-state index is -0.339. The van der Waals surface area contributed by atoms with Gasteiger partial charge >= 0.3 is 0 Å². The van der Waals surface area contributed by atoms with Gasteiger partial charge in [-0.15, -0.1) is 0 Å². The van der Waals surface area contributed by atoms with Gasteiger partial charge in [0.15, 0.2) is 0 Å². The predicted molar refractivity (Wildman–Crippen MR) is 49.6 cm³/mol. The Bertz CT molecular complexity index is 294. The Labute approximate surface area is 72.4 Å². The van der Waals surface area contributed by atoms with E-state index >= 15 is 0 Å². The molecule has 0 radical (unpaired) electrons. The van der Waals surface area contributed by atoms with Crippen LogP contribution < -0.4 is 0 Å². The second kappa shape index (κ2) is 2.76. The van der Waals surface area contributed by atoms with E-state index in [0.29, 0.717) is 0 Å². The van der Waals surface area contributed by atoms with Crippen molar-refractivity contribution in [1.82, 2.24) is 0 Å². The molecule has 0 aromatic heterocycles. The molecule has 0 aromatic rings. The molecule has 0 heterocycles. The van der Waals surface area contributed by atoms with E-state index in [2.05, 4.69) is 12.7 Å². The van der Waals surface area contributed by atoms with Crippen molar-refractivity contribution in [2.24, 2.45) is 5.92 Å². The second-order valence-electron chi connectivity index (χ2n) is 3.34. The minimum absolute atomic E-state index is 0.195. The van der Waals surface area contributed by atoms with Crippen LogP contribution in [0.15, 0.2) is 48.1 Å². The molecule has 1 nitrogen and oxygen atoms in total. The van der Waals surface area contributed by atoms with E-state index in [1.165, 1.54) is 5.57 Å². The molecule has 0 saturated heterocycles. The summed E-state index contributed by atoms with van der Waals surface area (Å²) < 4.78 is 0. The minimum Gasteiger partial charge on any atom is -0.388 e. The number of aliphatic hydroxyl groups excluding tert-OH is 1. The third-order valence-electron chi connectivity index (χ3n) is 2.39. The Morgan fingerprint density at radius 2 is 2.25 bits per heavy atom. The molecule has 1 heteroatoms. The first-order valence-electron chi connectivity index (χ1n) is 4.18. The normalized spacial score (nSPS) is 33.1. The van der Waals surface area contributed by atoms with E-state index < -0.39 is 0 Å². The van der Waals surface area contributed by atoms with Crippen LogP contribution >= 0.6 is 0 Å². The molecule has 0 saturated carbocycles. The smallest absolute Gasteiger partial charge is 0.0824 e. The highest BCUT2D eigenvalue weighted by Crippen LogP contribution is 2.31. The molecule has 62 valence electrons. The van der Waals surface area contributed by atoms with E-state index in [4.69, 9.17) is 0 Å². The molecule has 0 spiro atoms. The summed E-state index contributed by atoms with van der Waals surface area (Å²) in [5, 5.41) is 9.58. The standard InChI is InChI=1S/C11H12O/c1-8-5-6-10-9(7-8)3-2-4-11(10)12/h2-6,10-12H,1,7H2. The largest absolute Gasteiger partial charge is 0.388 e. The lowest BCUT2D eigenvalue weighted by molar-refractivity contribution is 0.188. The van der Waals surface area contributed by atoms with Crippen LogP contribution in [0.5, 0.6) is 0 Å². The van der Waals surface area contributed by atoms with Crippen molar-refractivity contribution in [2.75, 3.05) is 0 Å².